The molecule has 2 heterocycles. The van der Waals surface area contributed by atoms with Crippen LogP contribution in [0.2, 0.25) is 0 Å². The molecule has 0 bridgehead atoms. The smallest absolute Gasteiger partial charge is 0.216 e. The van der Waals surface area contributed by atoms with E-state index in [0.29, 0.717) is 4.77 Å². The summed E-state index contributed by atoms with van der Waals surface area (Å²) in [7, 11) is 0. The second-order valence-electron chi connectivity index (χ2n) is 3.14. The van der Waals surface area contributed by atoms with Gasteiger partial charge in [0.15, 0.2) is 5.82 Å². The van der Waals surface area contributed by atoms with Gasteiger partial charge in [0.1, 0.15) is 0 Å². The average Bonchev–Trinajstić information content (AvgIpc) is 2.69. The fraction of sp³-hybridized carbons (Fsp3) is 0.200. The SMILES string of the molecule is CCc1n[nH]c(=S)n1/N=C/c1cccnc1. The van der Waals surface area contributed by atoms with E-state index in [2.05, 4.69) is 20.3 Å². The Labute approximate surface area is 97.9 Å². The predicted octanol–water partition coefficient (Wildman–Crippen LogP) is 1.78. The average molecular weight is 233 g/mol. The maximum atomic E-state index is 5.07. The van der Waals surface area contributed by atoms with Crippen LogP contribution in [0, 0.1) is 4.77 Å². The maximum absolute atomic E-state index is 5.07. The number of pyridine rings is 1. The van der Waals surface area contributed by atoms with Gasteiger partial charge in [-0.1, -0.05) is 13.0 Å². The summed E-state index contributed by atoms with van der Waals surface area (Å²) < 4.78 is 2.11. The minimum atomic E-state index is 0.497. The fourth-order valence-corrected chi connectivity index (χ4v) is 1.45. The molecule has 0 saturated heterocycles. The van der Waals surface area contributed by atoms with E-state index >= 15 is 0 Å². The van der Waals surface area contributed by atoms with Crippen LogP contribution < -0.4 is 0 Å². The van der Waals surface area contributed by atoms with Crippen LogP contribution in [0.25, 0.3) is 0 Å². The summed E-state index contributed by atoms with van der Waals surface area (Å²) in [4.78, 5) is 4.00. The first-order chi connectivity index (χ1) is 7.81. The first-order valence-electron chi connectivity index (χ1n) is 4.92. The second kappa shape index (κ2) is 4.80. The van der Waals surface area contributed by atoms with Gasteiger partial charge in [-0.15, -0.1) is 0 Å². The van der Waals surface area contributed by atoms with Crippen LogP contribution in [-0.4, -0.2) is 26.1 Å². The van der Waals surface area contributed by atoms with Gasteiger partial charge in [-0.05, 0) is 18.3 Å². The number of aromatic amines is 1. The molecular weight excluding hydrogens is 222 g/mol. The van der Waals surface area contributed by atoms with Gasteiger partial charge in [0, 0.05) is 24.4 Å². The number of hydrogen-bond donors (Lipinski definition) is 1. The van der Waals surface area contributed by atoms with E-state index in [1.807, 2.05) is 19.1 Å². The molecule has 2 aromatic heterocycles. The lowest BCUT2D eigenvalue weighted by molar-refractivity contribution is 0.780. The Kier molecular flexibility index (Phi) is 3.21. The lowest BCUT2D eigenvalue weighted by atomic mass is 10.3. The number of nitrogens with zero attached hydrogens (tertiary/aromatic N) is 4. The topological polar surface area (TPSA) is 58.9 Å². The zero-order valence-electron chi connectivity index (χ0n) is 8.79. The van der Waals surface area contributed by atoms with Crippen molar-refractivity contribution in [2.24, 2.45) is 5.10 Å². The lowest BCUT2D eigenvalue weighted by Crippen LogP contribution is -1.97. The minimum absolute atomic E-state index is 0.497. The highest BCUT2D eigenvalue weighted by molar-refractivity contribution is 7.71. The lowest BCUT2D eigenvalue weighted by Gasteiger charge is -1.96. The van der Waals surface area contributed by atoms with E-state index in [0.717, 1.165) is 17.8 Å². The van der Waals surface area contributed by atoms with Gasteiger partial charge >= 0.3 is 0 Å². The van der Waals surface area contributed by atoms with Crippen molar-refractivity contribution in [1.82, 2.24) is 19.9 Å². The molecule has 0 fully saturated rings. The molecule has 2 aromatic rings. The van der Waals surface area contributed by atoms with Gasteiger partial charge in [-0.25, -0.2) is 0 Å². The molecule has 6 heteroatoms. The van der Waals surface area contributed by atoms with Crippen molar-refractivity contribution in [3.05, 3.63) is 40.7 Å². The summed E-state index contributed by atoms with van der Waals surface area (Å²) in [6.45, 7) is 2.00. The number of hydrogen-bond acceptors (Lipinski definition) is 4. The Morgan fingerprint density at radius 2 is 2.50 bits per heavy atom. The summed E-state index contributed by atoms with van der Waals surface area (Å²) in [6.07, 6.45) is 5.94. The Morgan fingerprint density at radius 1 is 1.62 bits per heavy atom. The zero-order chi connectivity index (χ0) is 11.4. The molecule has 0 spiro atoms. The molecule has 0 saturated carbocycles. The van der Waals surface area contributed by atoms with Crippen LogP contribution in [0.15, 0.2) is 29.6 Å². The van der Waals surface area contributed by atoms with Crippen molar-refractivity contribution >= 4 is 18.4 Å². The van der Waals surface area contributed by atoms with Gasteiger partial charge in [0.05, 0.1) is 6.21 Å². The van der Waals surface area contributed by atoms with E-state index in [-0.39, 0.29) is 0 Å². The Bertz CT molecular complexity index is 540. The number of nitrogens with one attached hydrogen (secondary N) is 1. The van der Waals surface area contributed by atoms with Crippen LogP contribution >= 0.6 is 12.2 Å². The summed E-state index contributed by atoms with van der Waals surface area (Å²) in [5, 5.41) is 11.0. The van der Waals surface area contributed by atoms with Gasteiger partial charge < -0.3 is 0 Å². The molecule has 0 aromatic carbocycles. The fourth-order valence-electron chi connectivity index (χ4n) is 1.25. The molecular formula is C10H11N5S. The van der Waals surface area contributed by atoms with E-state index < -0.39 is 0 Å². The van der Waals surface area contributed by atoms with Gasteiger partial charge in [0.2, 0.25) is 4.77 Å². The minimum Gasteiger partial charge on any atom is -0.264 e. The third kappa shape index (κ3) is 2.22. The van der Waals surface area contributed by atoms with E-state index in [9.17, 15) is 0 Å². The largest absolute Gasteiger partial charge is 0.264 e. The molecule has 2 rings (SSSR count). The third-order valence-corrected chi connectivity index (χ3v) is 2.30. The number of aryl methyl sites for hydroxylation is 1. The van der Waals surface area contributed by atoms with Gasteiger partial charge in [0.25, 0.3) is 0 Å². The summed E-state index contributed by atoms with van der Waals surface area (Å²) in [5.41, 5.74) is 0.924. The van der Waals surface area contributed by atoms with Gasteiger partial charge in [-0.3, -0.25) is 10.1 Å². The second-order valence-corrected chi connectivity index (χ2v) is 3.53. The molecule has 5 nitrogen and oxygen atoms in total. The molecule has 0 atom stereocenters. The standard InChI is InChI=1S/C10H11N5S/c1-2-9-13-14-10(16)15(9)12-7-8-4-3-5-11-6-8/h3-7H,2H2,1H3,(H,14,16)/b12-7+. The molecule has 1 N–H and O–H groups in total. The summed E-state index contributed by atoms with van der Waals surface area (Å²) in [5.74, 6) is 0.810. The predicted molar refractivity (Wildman–Crippen MR) is 64.0 cm³/mol. The number of rotatable bonds is 3. The molecule has 82 valence electrons. The molecule has 0 aliphatic heterocycles. The van der Waals surface area contributed by atoms with Crippen molar-refractivity contribution in [3.8, 4) is 0 Å². The molecule has 0 aliphatic carbocycles. The molecule has 0 aliphatic rings. The zero-order valence-corrected chi connectivity index (χ0v) is 9.61. The highest BCUT2D eigenvalue weighted by Gasteiger charge is 2.00. The van der Waals surface area contributed by atoms with Crippen LogP contribution in [0.3, 0.4) is 0 Å². The summed E-state index contributed by atoms with van der Waals surface area (Å²) >= 11 is 5.07. The van der Waals surface area contributed by atoms with E-state index in [4.69, 9.17) is 12.2 Å². The van der Waals surface area contributed by atoms with Crippen molar-refractivity contribution in [2.75, 3.05) is 0 Å². The molecule has 0 amide bonds. The monoisotopic (exact) mass is 233 g/mol. The maximum Gasteiger partial charge on any atom is 0.216 e. The van der Waals surface area contributed by atoms with Crippen LogP contribution in [0.4, 0.5) is 0 Å². The van der Waals surface area contributed by atoms with Crippen LogP contribution in [-0.2, 0) is 6.42 Å². The highest BCUT2D eigenvalue weighted by atomic mass is 32.1. The molecule has 0 radical (unpaired) electrons. The Hall–Kier alpha value is -1.82. The molecule has 16 heavy (non-hydrogen) atoms. The molecule has 0 unspecified atom stereocenters. The van der Waals surface area contributed by atoms with Crippen LogP contribution in [0.1, 0.15) is 18.3 Å². The first-order valence-corrected chi connectivity index (χ1v) is 5.32. The Balaban J connectivity index is 2.30. The first kappa shape index (κ1) is 10.7. The third-order valence-electron chi connectivity index (χ3n) is 2.04. The Morgan fingerprint density at radius 3 is 3.19 bits per heavy atom. The van der Waals surface area contributed by atoms with Crippen molar-refractivity contribution in [1.29, 1.82) is 0 Å². The quantitative estimate of drug-likeness (QED) is 0.649. The number of aromatic nitrogens is 4. The van der Waals surface area contributed by atoms with E-state index in [1.165, 1.54) is 0 Å². The van der Waals surface area contributed by atoms with Gasteiger partial charge in [-0.2, -0.15) is 14.9 Å². The normalized spacial score (nSPS) is 11.1. The highest BCUT2D eigenvalue weighted by Crippen LogP contribution is 1.99. The number of H-pyrrole nitrogens is 1. The van der Waals surface area contributed by atoms with Crippen molar-refractivity contribution in [2.45, 2.75) is 13.3 Å². The van der Waals surface area contributed by atoms with Crippen molar-refractivity contribution < 1.29 is 0 Å². The summed E-state index contributed by atoms with van der Waals surface area (Å²) in [6, 6.07) is 3.78. The van der Waals surface area contributed by atoms with Crippen molar-refractivity contribution in [3.63, 3.8) is 0 Å². The van der Waals surface area contributed by atoms with E-state index in [1.54, 1.807) is 23.3 Å². The van der Waals surface area contributed by atoms with Crippen LogP contribution in [0.5, 0.6) is 0 Å².